The Morgan fingerprint density at radius 1 is 1.38 bits per heavy atom. The fourth-order valence-corrected chi connectivity index (χ4v) is 2.67. The molecule has 0 N–H and O–H groups in total. The minimum absolute atomic E-state index is 0.481. The molecule has 0 heterocycles. The quantitative estimate of drug-likeness (QED) is 0.714. The summed E-state index contributed by atoms with van der Waals surface area (Å²) in [7, 11) is 1.74. The standard InChI is InChI=1S/C14H21BrO/c1-5-6-13(15)11(3)12-9-10(2)7-8-14(12)16-4/h7-9,11,13H,5-6H2,1-4H3. The molecule has 0 saturated carbocycles. The summed E-state index contributed by atoms with van der Waals surface area (Å²) >= 11 is 3.77. The molecule has 0 saturated heterocycles. The summed E-state index contributed by atoms with van der Waals surface area (Å²) < 4.78 is 5.43. The highest BCUT2D eigenvalue weighted by molar-refractivity contribution is 9.09. The van der Waals surface area contributed by atoms with Crippen LogP contribution in [0.1, 0.15) is 43.7 Å². The zero-order valence-electron chi connectivity index (χ0n) is 10.6. The number of hydrogen-bond donors (Lipinski definition) is 0. The maximum absolute atomic E-state index is 5.43. The molecule has 2 unspecified atom stereocenters. The van der Waals surface area contributed by atoms with E-state index in [1.54, 1.807) is 7.11 Å². The van der Waals surface area contributed by atoms with Crippen LogP contribution in [-0.4, -0.2) is 11.9 Å². The van der Waals surface area contributed by atoms with Crippen LogP contribution in [0.3, 0.4) is 0 Å². The van der Waals surface area contributed by atoms with Crippen molar-refractivity contribution in [3.63, 3.8) is 0 Å². The van der Waals surface area contributed by atoms with Crippen molar-refractivity contribution < 1.29 is 4.74 Å². The maximum atomic E-state index is 5.43. The maximum Gasteiger partial charge on any atom is 0.122 e. The van der Waals surface area contributed by atoms with Crippen molar-refractivity contribution in [2.45, 2.75) is 44.4 Å². The molecule has 0 radical (unpaired) electrons. The smallest absolute Gasteiger partial charge is 0.122 e. The molecule has 2 atom stereocenters. The third-order valence-corrected chi connectivity index (χ3v) is 4.23. The summed E-state index contributed by atoms with van der Waals surface area (Å²) in [4.78, 5) is 0.521. The van der Waals surface area contributed by atoms with Gasteiger partial charge in [-0.1, -0.05) is 53.9 Å². The number of aryl methyl sites for hydroxylation is 1. The van der Waals surface area contributed by atoms with Gasteiger partial charge in [0.25, 0.3) is 0 Å². The van der Waals surface area contributed by atoms with Gasteiger partial charge in [0.15, 0.2) is 0 Å². The van der Waals surface area contributed by atoms with Crippen LogP contribution in [0.5, 0.6) is 5.75 Å². The van der Waals surface area contributed by atoms with E-state index in [1.165, 1.54) is 24.0 Å². The minimum Gasteiger partial charge on any atom is -0.496 e. The van der Waals surface area contributed by atoms with Crippen LogP contribution in [0.15, 0.2) is 18.2 Å². The SMILES string of the molecule is CCCC(Br)C(C)c1cc(C)ccc1OC. The summed E-state index contributed by atoms with van der Waals surface area (Å²) in [5.41, 5.74) is 2.59. The van der Waals surface area contributed by atoms with Crippen LogP contribution in [0.4, 0.5) is 0 Å². The van der Waals surface area contributed by atoms with Crippen LogP contribution < -0.4 is 4.74 Å². The second kappa shape index (κ2) is 6.29. The average molecular weight is 285 g/mol. The molecule has 0 amide bonds. The highest BCUT2D eigenvalue weighted by Crippen LogP contribution is 2.34. The minimum atomic E-state index is 0.481. The zero-order chi connectivity index (χ0) is 12.1. The number of alkyl halides is 1. The molecule has 1 nitrogen and oxygen atoms in total. The van der Waals surface area contributed by atoms with Crippen LogP contribution >= 0.6 is 15.9 Å². The molecular weight excluding hydrogens is 264 g/mol. The normalized spacial score (nSPS) is 14.6. The lowest BCUT2D eigenvalue weighted by atomic mass is 9.93. The molecule has 1 rings (SSSR count). The summed E-state index contributed by atoms with van der Waals surface area (Å²) in [6.07, 6.45) is 2.40. The first-order chi connectivity index (χ1) is 7.60. The monoisotopic (exact) mass is 284 g/mol. The van der Waals surface area contributed by atoms with Gasteiger partial charge in [-0.2, -0.15) is 0 Å². The first kappa shape index (κ1) is 13.6. The molecule has 0 aliphatic rings. The van der Waals surface area contributed by atoms with Gasteiger partial charge in [-0.05, 0) is 30.9 Å². The Hall–Kier alpha value is -0.500. The van der Waals surface area contributed by atoms with Gasteiger partial charge in [-0.3, -0.25) is 0 Å². The molecule has 2 heteroatoms. The number of halogens is 1. The van der Waals surface area contributed by atoms with Crippen molar-refractivity contribution in [3.8, 4) is 5.75 Å². The highest BCUT2D eigenvalue weighted by atomic mass is 79.9. The van der Waals surface area contributed by atoms with E-state index in [4.69, 9.17) is 4.74 Å². The lowest BCUT2D eigenvalue weighted by Crippen LogP contribution is -2.10. The van der Waals surface area contributed by atoms with E-state index < -0.39 is 0 Å². The molecule has 90 valence electrons. The molecule has 0 aromatic heterocycles. The Bertz CT molecular complexity index is 336. The lowest BCUT2D eigenvalue weighted by molar-refractivity contribution is 0.405. The summed E-state index contributed by atoms with van der Waals surface area (Å²) in [6, 6.07) is 6.39. The van der Waals surface area contributed by atoms with E-state index in [-0.39, 0.29) is 0 Å². The molecule has 0 fully saturated rings. The van der Waals surface area contributed by atoms with Crippen molar-refractivity contribution in [1.82, 2.24) is 0 Å². The summed E-state index contributed by atoms with van der Waals surface area (Å²) in [6.45, 7) is 6.60. The third-order valence-electron chi connectivity index (χ3n) is 2.98. The van der Waals surface area contributed by atoms with E-state index >= 15 is 0 Å². The topological polar surface area (TPSA) is 9.23 Å². The van der Waals surface area contributed by atoms with Gasteiger partial charge in [-0.15, -0.1) is 0 Å². The zero-order valence-corrected chi connectivity index (χ0v) is 12.2. The molecule has 1 aromatic carbocycles. The van der Waals surface area contributed by atoms with E-state index in [1.807, 2.05) is 0 Å². The molecular formula is C14H21BrO. The second-order valence-corrected chi connectivity index (χ2v) is 5.51. The van der Waals surface area contributed by atoms with Crippen LogP contribution in [0.2, 0.25) is 0 Å². The fraction of sp³-hybridized carbons (Fsp3) is 0.571. The molecule has 1 aromatic rings. The Morgan fingerprint density at radius 2 is 2.06 bits per heavy atom. The van der Waals surface area contributed by atoms with Crippen molar-refractivity contribution in [2.75, 3.05) is 7.11 Å². The van der Waals surface area contributed by atoms with Crippen molar-refractivity contribution in [1.29, 1.82) is 0 Å². The van der Waals surface area contributed by atoms with Crippen LogP contribution in [0, 0.1) is 6.92 Å². The van der Waals surface area contributed by atoms with Gasteiger partial charge in [0.1, 0.15) is 5.75 Å². The van der Waals surface area contributed by atoms with Gasteiger partial charge in [0.05, 0.1) is 7.11 Å². The average Bonchev–Trinajstić information content (AvgIpc) is 2.28. The van der Waals surface area contributed by atoms with E-state index in [0.29, 0.717) is 10.7 Å². The van der Waals surface area contributed by atoms with E-state index in [2.05, 4.69) is 54.9 Å². The first-order valence-electron chi connectivity index (χ1n) is 5.88. The Morgan fingerprint density at radius 3 is 2.62 bits per heavy atom. The molecule has 16 heavy (non-hydrogen) atoms. The number of benzene rings is 1. The molecule has 0 spiro atoms. The molecule has 0 aliphatic heterocycles. The van der Waals surface area contributed by atoms with Crippen molar-refractivity contribution in [2.24, 2.45) is 0 Å². The first-order valence-corrected chi connectivity index (χ1v) is 6.80. The predicted molar refractivity (Wildman–Crippen MR) is 73.8 cm³/mol. The Balaban J connectivity index is 2.96. The van der Waals surface area contributed by atoms with Gasteiger partial charge >= 0.3 is 0 Å². The number of methoxy groups -OCH3 is 1. The second-order valence-electron chi connectivity index (χ2n) is 4.34. The number of rotatable bonds is 5. The molecule has 0 aliphatic carbocycles. The Kier molecular flexibility index (Phi) is 5.33. The van der Waals surface area contributed by atoms with E-state index in [0.717, 1.165) is 5.75 Å². The highest BCUT2D eigenvalue weighted by Gasteiger charge is 2.18. The van der Waals surface area contributed by atoms with Crippen molar-refractivity contribution in [3.05, 3.63) is 29.3 Å². The summed E-state index contributed by atoms with van der Waals surface area (Å²) in [5.74, 6) is 1.48. The van der Waals surface area contributed by atoms with Crippen LogP contribution in [0.25, 0.3) is 0 Å². The van der Waals surface area contributed by atoms with Gasteiger partial charge < -0.3 is 4.74 Å². The molecule has 0 bridgehead atoms. The fourth-order valence-electron chi connectivity index (χ4n) is 1.93. The van der Waals surface area contributed by atoms with Gasteiger partial charge in [-0.25, -0.2) is 0 Å². The van der Waals surface area contributed by atoms with Gasteiger partial charge in [0.2, 0.25) is 0 Å². The van der Waals surface area contributed by atoms with Gasteiger partial charge in [0, 0.05) is 4.83 Å². The van der Waals surface area contributed by atoms with E-state index in [9.17, 15) is 0 Å². The third kappa shape index (κ3) is 3.24. The summed E-state index contributed by atoms with van der Waals surface area (Å²) in [5, 5.41) is 0. The van der Waals surface area contributed by atoms with Crippen LogP contribution in [-0.2, 0) is 0 Å². The number of hydrogen-bond acceptors (Lipinski definition) is 1. The largest absolute Gasteiger partial charge is 0.496 e. The Labute approximate surface area is 107 Å². The lowest BCUT2D eigenvalue weighted by Gasteiger charge is -2.21. The van der Waals surface area contributed by atoms with Crippen molar-refractivity contribution >= 4 is 15.9 Å². The number of ether oxygens (including phenoxy) is 1. The predicted octanol–water partition coefficient (Wildman–Crippen LogP) is 4.67.